The van der Waals surface area contributed by atoms with Gasteiger partial charge in [0.05, 0.1) is 22.9 Å². The molecule has 1 aliphatic rings. The first-order valence-electron chi connectivity index (χ1n) is 8.77. The van der Waals surface area contributed by atoms with Gasteiger partial charge in [0.1, 0.15) is 5.76 Å². The summed E-state index contributed by atoms with van der Waals surface area (Å²) in [7, 11) is 0. The van der Waals surface area contributed by atoms with E-state index < -0.39 is 0 Å². The van der Waals surface area contributed by atoms with Gasteiger partial charge in [-0.05, 0) is 47.0 Å². The van der Waals surface area contributed by atoms with Crippen LogP contribution in [0.5, 0.6) is 0 Å². The van der Waals surface area contributed by atoms with Crippen LogP contribution in [0.1, 0.15) is 61.6 Å². The van der Waals surface area contributed by atoms with Crippen molar-refractivity contribution in [1.82, 2.24) is 20.3 Å². The molecule has 0 saturated carbocycles. The number of rotatable bonds is 4. The highest BCUT2D eigenvalue weighted by atomic mass is 79.9. The number of fused-ring (bicyclic) bond motifs is 1. The Bertz CT molecular complexity index is 773. The molecule has 2 aromatic heterocycles. The molecule has 25 heavy (non-hydrogen) atoms. The Morgan fingerprint density at radius 3 is 2.92 bits per heavy atom. The van der Waals surface area contributed by atoms with Crippen molar-refractivity contribution in [3.05, 3.63) is 33.4 Å². The maximum absolute atomic E-state index is 12.7. The number of aryl methyl sites for hydroxylation is 2. The van der Waals surface area contributed by atoms with Crippen LogP contribution in [0.2, 0.25) is 0 Å². The monoisotopic (exact) mass is 408 g/mol. The zero-order chi connectivity index (χ0) is 18.2. The second-order valence-electron chi connectivity index (χ2n) is 7.68. The van der Waals surface area contributed by atoms with E-state index in [0.29, 0.717) is 18.2 Å². The first kappa shape index (κ1) is 18.2. The normalized spacial score (nSPS) is 17.4. The predicted octanol–water partition coefficient (Wildman–Crippen LogP) is 3.73. The molecule has 1 aliphatic carbocycles. The quantitative estimate of drug-likeness (QED) is 0.835. The third-order valence-corrected chi connectivity index (χ3v) is 5.76. The Morgan fingerprint density at radius 1 is 1.48 bits per heavy atom. The van der Waals surface area contributed by atoms with Crippen molar-refractivity contribution in [2.75, 3.05) is 0 Å². The molecule has 1 N–H and O–H groups in total. The van der Waals surface area contributed by atoms with Gasteiger partial charge in [0.25, 0.3) is 5.91 Å². The van der Waals surface area contributed by atoms with Crippen LogP contribution in [0.4, 0.5) is 0 Å². The third-order valence-electron chi connectivity index (χ3n) is 5.09. The van der Waals surface area contributed by atoms with Gasteiger partial charge in [0.2, 0.25) is 0 Å². The summed E-state index contributed by atoms with van der Waals surface area (Å²) in [5, 5.41) is 11.3. The third kappa shape index (κ3) is 3.66. The van der Waals surface area contributed by atoms with E-state index in [1.54, 1.807) is 6.20 Å². The fraction of sp³-hybridized carbons (Fsp3) is 0.611. The lowest BCUT2D eigenvalue weighted by Crippen LogP contribution is -2.29. The minimum absolute atomic E-state index is 0.185. The molecule has 1 unspecified atom stereocenters. The number of nitrogens with zero attached hydrogens (tertiary/aromatic N) is 3. The number of halogens is 1. The Kier molecular flexibility index (Phi) is 5.04. The van der Waals surface area contributed by atoms with E-state index in [-0.39, 0.29) is 11.3 Å². The molecule has 0 aliphatic heterocycles. The molecule has 0 saturated heterocycles. The number of aromatic nitrogens is 3. The van der Waals surface area contributed by atoms with Crippen molar-refractivity contribution in [2.45, 2.75) is 60.0 Å². The van der Waals surface area contributed by atoms with Crippen LogP contribution in [0.25, 0.3) is 0 Å². The molecule has 1 atom stereocenters. The van der Waals surface area contributed by atoms with Crippen molar-refractivity contribution in [3.8, 4) is 0 Å². The SMILES string of the molecule is CCn1ncc(Br)c1CNC(=O)c1noc2c1CC(C(C)(C)C)CC2. The van der Waals surface area contributed by atoms with Crippen LogP contribution in [0, 0.1) is 11.3 Å². The number of hydrogen-bond donors (Lipinski definition) is 1. The van der Waals surface area contributed by atoms with E-state index in [9.17, 15) is 4.79 Å². The molecular weight excluding hydrogens is 384 g/mol. The molecule has 136 valence electrons. The predicted molar refractivity (Wildman–Crippen MR) is 98.2 cm³/mol. The lowest BCUT2D eigenvalue weighted by atomic mass is 9.71. The Balaban J connectivity index is 1.74. The van der Waals surface area contributed by atoms with Gasteiger partial charge in [0, 0.05) is 18.5 Å². The van der Waals surface area contributed by atoms with Crippen molar-refractivity contribution < 1.29 is 9.32 Å². The van der Waals surface area contributed by atoms with Crippen molar-refractivity contribution in [3.63, 3.8) is 0 Å². The summed E-state index contributed by atoms with van der Waals surface area (Å²) in [6, 6.07) is 0. The van der Waals surface area contributed by atoms with Crippen LogP contribution >= 0.6 is 15.9 Å². The van der Waals surface area contributed by atoms with E-state index in [1.807, 2.05) is 11.6 Å². The molecule has 0 aromatic carbocycles. The lowest BCUT2D eigenvalue weighted by molar-refractivity contribution is 0.0939. The largest absolute Gasteiger partial charge is 0.360 e. The first-order valence-corrected chi connectivity index (χ1v) is 9.56. The molecule has 0 spiro atoms. The Hall–Kier alpha value is -1.63. The summed E-state index contributed by atoms with van der Waals surface area (Å²) in [5.41, 5.74) is 2.57. The average molecular weight is 409 g/mol. The number of nitrogens with one attached hydrogen (secondary N) is 1. The van der Waals surface area contributed by atoms with Crippen LogP contribution in [-0.4, -0.2) is 20.8 Å². The van der Waals surface area contributed by atoms with Gasteiger partial charge < -0.3 is 9.84 Å². The highest BCUT2D eigenvalue weighted by molar-refractivity contribution is 9.10. The molecule has 1 amide bonds. The smallest absolute Gasteiger partial charge is 0.274 e. The van der Waals surface area contributed by atoms with Crippen LogP contribution < -0.4 is 5.32 Å². The molecule has 2 heterocycles. The molecule has 0 fully saturated rings. The summed E-state index contributed by atoms with van der Waals surface area (Å²) < 4.78 is 8.19. The standard InChI is InChI=1S/C18H25BrN4O2/c1-5-23-14(13(19)9-21-23)10-20-17(24)16-12-8-11(18(2,3)4)6-7-15(12)25-22-16/h9,11H,5-8,10H2,1-4H3,(H,20,24). The van der Waals surface area contributed by atoms with E-state index >= 15 is 0 Å². The maximum Gasteiger partial charge on any atom is 0.274 e. The number of amides is 1. The first-order chi connectivity index (χ1) is 11.8. The van der Waals surface area contributed by atoms with Crippen molar-refractivity contribution >= 4 is 21.8 Å². The van der Waals surface area contributed by atoms with Gasteiger partial charge >= 0.3 is 0 Å². The Labute approximate surface area is 156 Å². The zero-order valence-corrected chi connectivity index (χ0v) is 16.8. The van der Waals surface area contributed by atoms with Gasteiger partial charge in [-0.1, -0.05) is 25.9 Å². The highest BCUT2D eigenvalue weighted by Crippen LogP contribution is 2.38. The summed E-state index contributed by atoms with van der Waals surface area (Å²) in [6.45, 7) is 9.92. The summed E-state index contributed by atoms with van der Waals surface area (Å²) >= 11 is 3.48. The van der Waals surface area contributed by atoms with Crippen molar-refractivity contribution in [2.24, 2.45) is 11.3 Å². The number of carbonyl (C=O) groups is 1. The molecule has 0 bridgehead atoms. The van der Waals surface area contributed by atoms with Crippen LogP contribution in [0.15, 0.2) is 15.2 Å². The van der Waals surface area contributed by atoms with E-state index in [1.165, 1.54) is 0 Å². The molecule has 7 heteroatoms. The summed E-state index contributed by atoms with van der Waals surface area (Å²) in [5.74, 6) is 1.21. The highest BCUT2D eigenvalue weighted by Gasteiger charge is 2.34. The number of carbonyl (C=O) groups excluding carboxylic acids is 1. The second kappa shape index (κ2) is 6.94. The minimum Gasteiger partial charge on any atom is -0.360 e. The second-order valence-corrected chi connectivity index (χ2v) is 8.53. The molecule has 3 rings (SSSR count). The van der Waals surface area contributed by atoms with E-state index in [4.69, 9.17) is 4.52 Å². The Morgan fingerprint density at radius 2 is 2.24 bits per heavy atom. The fourth-order valence-corrected chi connectivity index (χ4v) is 3.84. The lowest BCUT2D eigenvalue weighted by Gasteiger charge is -2.33. The van der Waals surface area contributed by atoms with Gasteiger partial charge in [0.15, 0.2) is 5.69 Å². The zero-order valence-electron chi connectivity index (χ0n) is 15.2. The summed E-state index contributed by atoms with van der Waals surface area (Å²) in [6.07, 6.45) is 4.53. The maximum atomic E-state index is 12.7. The molecular formula is C18H25BrN4O2. The van der Waals surface area contributed by atoms with Crippen molar-refractivity contribution in [1.29, 1.82) is 0 Å². The molecule has 2 aromatic rings. The van der Waals surface area contributed by atoms with E-state index in [2.05, 4.69) is 52.3 Å². The minimum atomic E-state index is -0.185. The van der Waals surface area contributed by atoms with Gasteiger partial charge in [-0.2, -0.15) is 5.10 Å². The average Bonchev–Trinajstić information content (AvgIpc) is 3.14. The van der Waals surface area contributed by atoms with Gasteiger partial charge in [-0.3, -0.25) is 9.48 Å². The van der Waals surface area contributed by atoms with Crippen LogP contribution in [-0.2, 0) is 25.9 Å². The fourth-order valence-electron chi connectivity index (χ4n) is 3.41. The van der Waals surface area contributed by atoms with E-state index in [0.717, 1.165) is 47.3 Å². The number of hydrogen-bond acceptors (Lipinski definition) is 4. The van der Waals surface area contributed by atoms with Crippen LogP contribution in [0.3, 0.4) is 0 Å². The molecule has 0 radical (unpaired) electrons. The van der Waals surface area contributed by atoms with Gasteiger partial charge in [-0.15, -0.1) is 0 Å². The topological polar surface area (TPSA) is 73.0 Å². The summed E-state index contributed by atoms with van der Waals surface area (Å²) in [4.78, 5) is 12.7. The molecule has 6 nitrogen and oxygen atoms in total. The van der Waals surface area contributed by atoms with Gasteiger partial charge in [-0.25, -0.2) is 0 Å².